The summed E-state index contributed by atoms with van der Waals surface area (Å²) in [7, 11) is 0. The largest absolute Gasteiger partial charge is 0.352 e. The van der Waals surface area contributed by atoms with Gasteiger partial charge in [-0.1, -0.05) is 29.8 Å². The van der Waals surface area contributed by atoms with Crippen LogP contribution in [-0.2, 0) is 11.3 Å². The van der Waals surface area contributed by atoms with Crippen LogP contribution < -0.4 is 5.32 Å². The molecule has 0 saturated heterocycles. The Morgan fingerprint density at radius 1 is 1.29 bits per heavy atom. The molecule has 1 N–H and O–H groups in total. The molecule has 0 fully saturated rings. The fourth-order valence-corrected chi connectivity index (χ4v) is 1.53. The van der Waals surface area contributed by atoms with E-state index in [2.05, 4.69) is 15.5 Å². The molecule has 1 aliphatic heterocycles. The summed E-state index contributed by atoms with van der Waals surface area (Å²) < 4.78 is 0. The maximum atomic E-state index is 11.6. The van der Waals surface area contributed by atoms with E-state index in [1.165, 1.54) is 5.56 Å². The zero-order chi connectivity index (χ0) is 12.3. The zero-order valence-electron chi connectivity index (χ0n) is 10.2. The van der Waals surface area contributed by atoms with Gasteiger partial charge in [0.25, 0.3) is 0 Å². The minimum atomic E-state index is -0.277. The van der Waals surface area contributed by atoms with Crippen molar-refractivity contribution >= 4 is 5.91 Å². The standard InChI is InChI=1S/C13H17N3O/c1-10-3-5-11(6-4-10)9-14-12(17)7-8-13(2)15-16-13/h3-6H,7-9H2,1-2H3,(H,14,17). The molecular weight excluding hydrogens is 214 g/mol. The molecule has 0 aromatic heterocycles. The van der Waals surface area contributed by atoms with Gasteiger partial charge in [-0.25, -0.2) is 0 Å². The lowest BCUT2D eigenvalue weighted by molar-refractivity contribution is -0.121. The highest BCUT2D eigenvalue weighted by molar-refractivity contribution is 5.76. The molecule has 1 aliphatic rings. The smallest absolute Gasteiger partial charge is 0.220 e. The summed E-state index contributed by atoms with van der Waals surface area (Å²) in [6, 6.07) is 8.15. The third-order valence-electron chi connectivity index (χ3n) is 2.88. The Hall–Kier alpha value is -1.71. The summed E-state index contributed by atoms with van der Waals surface area (Å²) in [5.74, 6) is 0.0594. The fraction of sp³-hybridized carbons (Fsp3) is 0.462. The van der Waals surface area contributed by atoms with Crippen molar-refractivity contribution in [2.75, 3.05) is 0 Å². The van der Waals surface area contributed by atoms with Crippen molar-refractivity contribution in [2.45, 2.75) is 38.9 Å². The molecule has 1 aromatic rings. The lowest BCUT2D eigenvalue weighted by atomic mass is 10.1. The second-order valence-electron chi connectivity index (χ2n) is 4.68. The van der Waals surface area contributed by atoms with E-state index in [0.717, 1.165) is 5.56 Å². The van der Waals surface area contributed by atoms with Crippen molar-refractivity contribution in [3.8, 4) is 0 Å². The first-order valence-electron chi connectivity index (χ1n) is 5.84. The van der Waals surface area contributed by atoms with E-state index in [0.29, 0.717) is 19.4 Å². The number of carbonyl (C=O) groups is 1. The molecule has 2 rings (SSSR count). The number of hydrogen-bond donors (Lipinski definition) is 1. The molecule has 1 aromatic carbocycles. The predicted molar refractivity (Wildman–Crippen MR) is 65.5 cm³/mol. The van der Waals surface area contributed by atoms with Crippen LogP contribution in [-0.4, -0.2) is 11.6 Å². The first-order chi connectivity index (χ1) is 8.07. The van der Waals surface area contributed by atoms with E-state index >= 15 is 0 Å². The van der Waals surface area contributed by atoms with E-state index in [9.17, 15) is 4.79 Å². The Balaban J connectivity index is 1.70. The van der Waals surface area contributed by atoms with Crippen molar-refractivity contribution in [2.24, 2.45) is 10.2 Å². The van der Waals surface area contributed by atoms with Crippen LogP contribution in [0.15, 0.2) is 34.5 Å². The molecule has 0 radical (unpaired) electrons. The molecule has 1 amide bonds. The van der Waals surface area contributed by atoms with Crippen LogP contribution in [0.3, 0.4) is 0 Å². The first-order valence-corrected chi connectivity index (χ1v) is 5.84. The van der Waals surface area contributed by atoms with Gasteiger partial charge in [-0.3, -0.25) is 4.79 Å². The van der Waals surface area contributed by atoms with Crippen LogP contribution in [0.25, 0.3) is 0 Å². The maximum Gasteiger partial charge on any atom is 0.220 e. The van der Waals surface area contributed by atoms with E-state index < -0.39 is 0 Å². The SMILES string of the molecule is Cc1ccc(CNC(=O)CCC2(C)N=N2)cc1. The highest BCUT2D eigenvalue weighted by Crippen LogP contribution is 2.31. The lowest BCUT2D eigenvalue weighted by Gasteiger charge is -2.06. The van der Waals surface area contributed by atoms with Crippen LogP contribution in [0.5, 0.6) is 0 Å². The van der Waals surface area contributed by atoms with Gasteiger partial charge in [0.15, 0.2) is 5.66 Å². The number of aryl methyl sites for hydroxylation is 1. The molecule has 4 nitrogen and oxygen atoms in total. The Labute approximate surface area is 101 Å². The summed E-state index contributed by atoms with van der Waals surface area (Å²) in [5, 5.41) is 10.7. The molecule has 0 atom stereocenters. The van der Waals surface area contributed by atoms with Crippen LogP contribution >= 0.6 is 0 Å². The van der Waals surface area contributed by atoms with E-state index in [1.54, 1.807) is 0 Å². The van der Waals surface area contributed by atoms with Gasteiger partial charge >= 0.3 is 0 Å². The second kappa shape index (κ2) is 4.65. The van der Waals surface area contributed by atoms with Gasteiger partial charge < -0.3 is 5.32 Å². The number of amides is 1. The van der Waals surface area contributed by atoms with Crippen molar-refractivity contribution < 1.29 is 4.79 Å². The third-order valence-corrected chi connectivity index (χ3v) is 2.88. The Bertz CT molecular complexity index is 430. The second-order valence-corrected chi connectivity index (χ2v) is 4.68. The van der Waals surface area contributed by atoms with Crippen LogP contribution in [0.1, 0.15) is 30.9 Å². The lowest BCUT2D eigenvalue weighted by Crippen LogP contribution is -2.24. The van der Waals surface area contributed by atoms with Gasteiger partial charge in [0, 0.05) is 19.4 Å². The zero-order valence-corrected chi connectivity index (χ0v) is 10.2. The number of hydrogen-bond acceptors (Lipinski definition) is 3. The van der Waals surface area contributed by atoms with Crippen LogP contribution in [0.2, 0.25) is 0 Å². The van der Waals surface area contributed by atoms with Crippen molar-refractivity contribution in [1.82, 2.24) is 5.32 Å². The summed E-state index contributed by atoms with van der Waals surface area (Å²) in [4.78, 5) is 11.6. The molecule has 0 saturated carbocycles. The van der Waals surface area contributed by atoms with E-state index in [4.69, 9.17) is 0 Å². The number of nitrogens with zero attached hydrogens (tertiary/aromatic N) is 2. The molecular formula is C13H17N3O. The predicted octanol–water partition coefficient (Wildman–Crippen LogP) is 2.57. The molecule has 17 heavy (non-hydrogen) atoms. The first kappa shape index (κ1) is 11.8. The van der Waals surface area contributed by atoms with Crippen molar-refractivity contribution in [1.29, 1.82) is 0 Å². The maximum absolute atomic E-state index is 11.6. The number of benzene rings is 1. The summed E-state index contributed by atoms with van der Waals surface area (Å²) >= 11 is 0. The van der Waals surface area contributed by atoms with E-state index in [-0.39, 0.29) is 11.6 Å². The van der Waals surface area contributed by atoms with Gasteiger partial charge in [0.05, 0.1) is 0 Å². The molecule has 0 aliphatic carbocycles. The molecule has 4 heteroatoms. The molecule has 1 heterocycles. The van der Waals surface area contributed by atoms with E-state index in [1.807, 2.05) is 38.1 Å². The normalized spacial score (nSPS) is 15.6. The number of rotatable bonds is 5. The Morgan fingerprint density at radius 2 is 1.94 bits per heavy atom. The van der Waals surface area contributed by atoms with Gasteiger partial charge in [-0.05, 0) is 19.4 Å². The Morgan fingerprint density at radius 3 is 2.53 bits per heavy atom. The molecule has 0 bridgehead atoms. The number of nitrogens with one attached hydrogen (secondary N) is 1. The summed E-state index contributed by atoms with van der Waals surface area (Å²) in [5.41, 5.74) is 2.07. The highest BCUT2D eigenvalue weighted by Gasteiger charge is 2.33. The van der Waals surface area contributed by atoms with Crippen molar-refractivity contribution in [3.05, 3.63) is 35.4 Å². The summed E-state index contributed by atoms with van der Waals surface area (Å²) in [6.45, 7) is 4.57. The number of carbonyl (C=O) groups excluding carboxylic acids is 1. The Kier molecular flexibility index (Phi) is 3.22. The minimum absolute atomic E-state index is 0.0594. The van der Waals surface area contributed by atoms with Crippen LogP contribution in [0.4, 0.5) is 0 Å². The fourth-order valence-electron chi connectivity index (χ4n) is 1.53. The van der Waals surface area contributed by atoms with Gasteiger partial charge in [-0.2, -0.15) is 10.2 Å². The topological polar surface area (TPSA) is 53.8 Å². The minimum Gasteiger partial charge on any atom is -0.352 e. The molecule has 0 spiro atoms. The molecule has 90 valence electrons. The summed E-state index contributed by atoms with van der Waals surface area (Å²) in [6.07, 6.45) is 1.18. The quantitative estimate of drug-likeness (QED) is 0.832. The van der Waals surface area contributed by atoms with Crippen molar-refractivity contribution in [3.63, 3.8) is 0 Å². The average molecular weight is 231 g/mol. The average Bonchev–Trinajstić information content (AvgIpc) is 3.05. The molecule has 0 unspecified atom stereocenters. The van der Waals surface area contributed by atoms with Gasteiger partial charge in [-0.15, -0.1) is 0 Å². The van der Waals surface area contributed by atoms with Gasteiger partial charge in [0.1, 0.15) is 0 Å². The third kappa shape index (κ3) is 3.66. The van der Waals surface area contributed by atoms with Crippen LogP contribution in [0, 0.1) is 6.92 Å². The highest BCUT2D eigenvalue weighted by atomic mass is 16.1. The van der Waals surface area contributed by atoms with Gasteiger partial charge in [0.2, 0.25) is 5.91 Å². The monoisotopic (exact) mass is 231 g/mol.